The number of nitrogens with zero attached hydrogens (tertiary/aromatic N) is 1. The van der Waals surface area contributed by atoms with Gasteiger partial charge in [-0.1, -0.05) is 12.1 Å². The average Bonchev–Trinajstić information content (AvgIpc) is 2.82. The van der Waals surface area contributed by atoms with Crippen LogP contribution in [0.4, 0.5) is 24.5 Å². The van der Waals surface area contributed by atoms with Crippen molar-refractivity contribution in [2.24, 2.45) is 0 Å². The lowest BCUT2D eigenvalue weighted by Gasteiger charge is -2.16. The Morgan fingerprint density at radius 1 is 1.04 bits per heavy atom. The molecule has 0 aliphatic carbocycles. The standard InChI is InChI=1S/C16H11F3N2O2S/c17-8-5-6-10(15(19)14(8)18)21-13(22)7-12(16(21)23)24-11-4-2-1-3-9(11)20/h1-6,12H,7,20H2/t12-/m1/s1. The van der Waals surface area contributed by atoms with Crippen LogP contribution in [-0.2, 0) is 9.59 Å². The summed E-state index contributed by atoms with van der Waals surface area (Å²) in [6, 6.07) is 8.34. The topological polar surface area (TPSA) is 63.4 Å². The van der Waals surface area contributed by atoms with Crippen LogP contribution < -0.4 is 10.6 Å². The number of amides is 2. The van der Waals surface area contributed by atoms with E-state index in [2.05, 4.69) is 0 Å². The molecule has 2 N–H and O–H groups in total. The van der Waals surface area contributed by atoms with Gasteiger partial charge in [0, 0.05) is 17.0 Å². The number of hydrogen-bond donors (Lipinski definition) is 1. The van der Waals surface area contributed by atoms with Gasteiger partial charge in [0.15, 0.2) is 17.5 Å². The van der Waals surface area contributed by atoms with E-state index >= 15 is 0 Å². The van der Waals surface area contributed by atoms with E-state index in [9.17, 15) is 22.8 Å². The summed E-state index contributed by atoms with van der Waals surface area (Å²) in [5, 5.41) is -0.810. The summed E-state index contributed by atoms with van der Waals surface area (Å²) in [7, 11) is 0. The first-order chi connectivity index (χ1) is 11.4. The minimum Gasteiger partial charge on any atom is -0.398 e. The first-order valence-electron chi connectivity index (χ1n) is 6.91. The van der Waals surface area contributed by atoms with Gasteiger partial charge in [-0.2, -0.15) is 0 Å². The Bertz CT molecular complexity index is 844. The van der Waals surface area contributed by atoms with E-state index in [0.717, 1.165) is 17.8 Å². The molecule has 124 valence electrons. The molecule has 2 amide bonds. The molecular formula is C16H11F3N2O2S. The van der Waals surface area contributed by atoms with E-state index in [-0.39, 0.29) is 6.42 Å². The number of para-hydroxylation sites is 1. The lowest BCUT2D eigenvalue weighted by Crippen LogP contribution is -2.32. The van der Waals surface area contributed by atoms with Gasteiger partial charge in [-0.15, -0.1) is 11.8 Å². The van der Waals surface area contributed by atoms with E-state index < -0.39 is 40.2 Å². The largest absolute Gasteiger partial charge is 0.398 e. The monoisotopic (exact) mass is 352 g/mol. The number of carbonyl (C=O) groups is 2. The van der Waals surface area contributed by atoms with Gasteiger partial charge in [0.1, 0.15) is 0 Å². The molecule has 0 unspecified atom stereocenters. The van der Waals surface area contributed by atoms with E-state index in [1.165, 1.54) is 0 Å². The highest BCUT2D eigenvalue weighted by Gasteiger charge is 2.42. The zero-order valence-electron chi connectivity index (χ0n) is 12.1. The van der Waals surface area contributed by atoms with Crippen LogP contribution in [0.1, 0.15) is 6.42 Å². The maximum absolute atomic E-state index is 13.9. The summed E-state index contributed by atoms with van der Waals surface area (Å²) >= 11 is 1.07. The Kier molecular flexibility index (Phi) is 4.23. The quantitative estimate of drug-likeness (QED) is 0.524. The van der Waals surface area contributed by atoms with Crippen LogP contribution in [0.25, 0.3) is 0 Å². The summed E-state index contributed by atoms with van der Waals surface area (Å²) in [5.41, 5.74) is 5.66. The second-order valence-electron chi connectivity index (χ2n) is 5.11. The number of anilines is 2. The van der Waals surface area contributed by atoms with Crippen LogP contribution in [0, 0.1) is 17.5 Å². The molecule has 1 fully saturated rings. The molecule has 24 heavy (non-hydrogen) atoms. The molecular weight excluding hydrogens is 341 g/mol. The molecule has 2 aromatic rings. The molecule has 1 heterocycles. The Morgan fingerprint density at radius 2 is 1.75 bits per heavy atom. The Morgan fingerprint density at radius 3 is 2.46 bits per heavy atom. The van der Waals surface area contributed by atoms with Crippen molar-refractivity contribution >= 4 is 35.0 Å². The third kappa shape index (κ3) is 2.73. The van der Waals surface area contributed by atoms with Crippen LogP contribution in [0.15, 0.2) is 41.3 Å². The Labute approximate surface area is 139 Å². The van der Waals surface area contributed by atoms with Crippen molar-refractivity contribution in [2.45, 2.75) is 16.6 Å². The SMILES string of the molecule is Nc1ccccc1S[C@@H]1CC(=O)N(c2ccc(F)c(F)c2F)C1=O. The molecule has 1 saturated heterocycles. The van der Waals surface area contributed by atoms with E-state index in [0.29, 0.717) is 21.5 Å². The zero-order valence-corrected chi connectivity index (χ0v) is 12.9. The number of thioether (sulfide) groups is 1. The predicted molar refractivity (Wildman–Crippen MR) is 83.9 cm³/mol. The molecule has 1 atom stereocenters. The fourth-order valence-corrected chi connectivity index (χ4v) is 3.48. The summed E-state index contributed by atoms with van der Waals surface area (Å²) in [6.07, 6.45) is -0.184. The number of nitrogen functional groups attached to an aromatic ring is 1. The summed E-state index contributed by atoms with van der Waals surface area (Å²) in [4.78, 5) is 25.7. The van der Waals surface area contributed by atoms with Crippen molar-refractivity contribution in [3.63, 3.8) is 0 Å². The van der Waals surface area contributed by atoms with Gasteiger partial charge in [-0.25, -0.2) is 18.1 Å². The minimum atomic E-state index is -1.73. The molecule has 0 spiro atoms. The van der Waals surface area contributed by atoms with Crippen LogP contribution in [0.3, 0.4) is 0 Å². The second-order valence-corrected chi connectivity index (χ2v) is 6.35. The molecule has 8 heteroatoms. The number of benzene rings is 2. The zero-order chi connectivity index (χ0) is 17.4. The van der Waals surface area contributed by atoms with Crippen molar-refractivity contribution in [1.29, 1.82) is 0 Å². The number of halogens is 3. The average molecular weight is 352 g/mol. The van der Waals surface area contributed by atoms with Crippen molar-refractivity contribution in [3.8, 4) is 0 Å². The lowest BCUT2D eigenvalue weighted by molar-refractivity contribution is -0.121. The van der Waals surface area contributed by atoms with Crippen molar-refractivity contribution in [2.75, 3.05) is 10.6 Å². The highest BCUT2D eigenvalue weighted by atomic mass is 32.2. The molecule has 0 bridgehead atoms. The van der Waals surface area contributed by atoms with Gasteiger partial charge >= 0.3 is 0 Å². The lowest BCUT2D eigenvalue weighted by atomic mass is 10.2. The number of imide groups is 1. The normalized spacial score (nSPS) is 17.6. The van der Waals surface area contributed by atoms with Crippen molar-refractivity contribution in [1.82, 2.24) is 0 Å². The highest BCUT2D eigenvalue weighted by Crippen LogP contribution is 2.37. The first kappa shape index (κ1) is 16.4. The predicted octanol–water partition coefficient (Wildman–Crippen LogP) is 3.11. The third-order valence-corrected chi connectivity index (χ3v) is 4.83. The number of nitrogens with two attached hydrogens (primary N) is 1. The summed E-state index contributed by atoms with van der Waals surface area (Å²) in [6.45, 7) is 0. The Balaban J connectivity index is 1.90. The number of hydrogen-bond acceptors (Lipinski definition) is 4. The van der Waals surface area contributed by atoms with Crippen LogP contribution in [0.5, 0.6) is 0 Å². The van der Waals surface area contributed by atoms with Crippen LogP contribution in [0.2, 0.25) is 0 Å². The third-order valence-electron chi connectivity index (χ3n) is 3.55. The van der Waals surface area contributed by atoms with Gasteiger partial charge in [0.05, 0.1) is 10.9 Å². The van der Waals surface area contributed by atoms with E-state index in [1.54, 1.807) is 24.3 Å². The molecule has 1 aliphatic heterocycles. The number of rotatable bonds is 3. The smallest absolute Gasteiger partial charge is 0.247 e. The highest BCUT2D eigenvalue weighted by molar-refractivity contribution is 8.00. The molecule has 0 saturated carbocycles. The number of carbonyl (C=O) groups excluding carboxylic acids is 2. The molecule has 4 nitrogen and oxygen atoms in total. The molecule has 0 aromatic heterocycles. The summed E-state index contributed by atoms with van der Waals surface area (Å²) in [5.74, 6) is -6.06. The molecule has 3 rings (SSSR count). The maximum atomic E-state index is 13.9. The molecule has 0 radical (unpaired) electrons. The second kappa shape index (κ2) is 6.20. The van der Waals surface area contributed by atoms with E-state index in [1.807, 2.05) is 0 Å². The maximum Gasteiger partial charge on any atom is 0.247 e. The summed E-state index contributed by atoms with van der Waals surface area (Å²) < 4.78 is 40.3. The van der Waals surface area contributed by atoms with Crippen molar-refractivity contribution < 1.29 is 22.8 Å². The van der Waals surface area contributed by atoms with Gasteiger partial charge in [0.2, 0.25) is 11.8 Å². The fourth-order valence-electron chi connectivity index (χ4n) is 2.38. The fraction of sp³-hybridized carbons (Fsp3) is 0.125. The van der Waals surface area contributed by atoms with E-state index in [4.69, 9.17) is 5.73 Å². The Hall–Kier alpha value is -2.48. The van der Waals surface area contributed by atoms with Crippen molar-refractivity contribution in [3.05, 3.63) is 53.8 Å². The van der Waals surface area contributed by atoms with Gasteiger partial charge in [-0.05, 0) is 24.3 Å². The minimum absolute atomic E-state index is 0.184. The van der Waals surface area contributed by atoms with Crippen LogP contribution >= 0.6 is 11.8 Å². The van der Waals surface area contributed by atoms with Gasteiger partial charge in [0.25, 0.3) is 0 Å². The van der Waals surface area contributed by atoms with Gasteiger partial charge in [-0.3, -0.25) is 9.59 Å². The van der Waals surface area contributed by atoms with Crippen LogP contribution in [-0.4, -0.2) is 17.1 Å². The molecule has 2 aromatic carbocycles. The van der Waals surface area contributed by atoms with Gasteiger partial charge < -0.3 is 5.73 Å². The first-order valence-corrected chi connectivity index (χ1v) is 7.79. The molecule has 1 aliphatic rings.